The minimum atomic E-state index is 0. The van der Waals surface area contributed by atoms with Gasteiger partial charge >= 0.3 is 0 Å². The third kappa shape index (κ3) is 5.19. The number of nitrogens with one attached hydrogen (secondary N) is 2. The van der Waals surface area contributed by atoms with Gasteiger partial charge in [-0.2, -0.15) is 0 Å². The van der Waals surface area contributed by atoms with Crippen LogP contribution in [0.4, 0.5) is 5.69 Å². The van der Waals surface area contributed by atoms with Crippen molar-refractivity contribution in [3.63, 3.8) is 0 Å². The third-order valence-electron chi connectivity index (χ3n) is 3.82. The quantitative estimate of drug-likeness (QED) is 0.795. The molecule has 2 aromatic rings. The van der Waals surface area contributed by atoms with E-state index >= 15 is 0 Å². The van der Waals surface area contributed by atoms with Gasteiger partial charge in [-0.15, -0.1) is 12.4 Å². The van der Waals surface area contributed by atoms with Crippen LogP contribution in [0.5, 0.6) is 0 Å². The van der Waals surface area contributed by atoms with Crippen LogP contribution in [0.2, 0.25) is 0 Å². The summed E-state index contributed by atoms with van der Waals surface area (Å²) < 4.78 is 0. The summed E-state index contributed by atoms with van der Waals surface area (Å²) in [7, 11) is 0. The van der Waals surface area contributed by atoms with Crippen molar-refractivity contribution >= 4 is 35.8 Å². The van der Waals surface area contributed by atoms with Crippen molar-refractivity contribution in [2.24, 2.45) is 0 Å². The van der Waals surface area contributed by atoms with Gasteiger partial charge in [0.15, 0.2) is 5.16 Å². The minimum Gasteiger partial charge on any atom is -0.326 e. The van der Waals surface area contributed by atoms with Crippen molar-refractivity contribution in [2.75, 3.05) is 11.9 Å². The lowest BCUT2D eigenvalue weighted by Gasteiger charge is -2.12. The van der Waals surface area contributed by atoms with Gasteiger partial charge in [0.2, 0.25) is 5.91 Å². The molecule has 0 spiro atoms. The van der Waals surface area contributed by atoms with Gasteiger partial charge < -0.3 is 10.6 Å². The molecule has 1 amide bonds. The molecule has 0 aliphatic carbocycles. The molecule has 1 aliphatic rings. The van der Waals surface area contributed by atoms with Gasteiger partial charge in [0.25, 0.3) is 0 Å². The lowest BCUT2D eigenvalue weighted by atomic mass is 10.1. The average molecular weight is 365 g/mol. The summed E-state index contributed by atoms with van der Waals surface area (Å²) in [6, 6.07) is 8.09. The Morgan fingerprint density at radius 3 is 2.83 bits per heavy atom. The number of rotatable bonds is 5. The van der Waals surface area contributed by atoms with E-state index in [9.17, 15) is 4.79 Å². The van der Waals surface area contributed by atoms with E-state index in [2.05, 4.69) is 20.6 Å². The second-order valence-corrected chi connectivity index (χ2v) is 6.70. The van der Waals surface area contributed by atoms with Crippen LogP contribution in [0, 0.1) is 6.92 Å². The zero-order valence-electron chi connectivity index (χ0n) is 13.5. The number of aromatic nitrogens is 2. The number of carbonyl (C=O) groups is 1. The highest BCUT2D eigenvalue weighted by molar-refractivity contribution is 7.99. The molecule has 24 heavy (non-hydrogen) atoms. The van der Waals surface area contributed by atoms with Gasteiger partial charge in [-0.05, 0) is 67.9 Å². The highest BCUT2D eigenvalue weighted by Gasteiger charge is 2.18. The van der Waals surface area contributed by atoms with Gasteiger partial charge in [0.05, 0.1) is 0 Å². The number of anilines is 1. The fraction of sp³-hybridized carbons (Fsp3) is 0.353. The van der Waals surface area contributed by atoms with E-state index in [-0.39, 0.29) is 18.3 Å². The summed E-state index contributed by atoms with van der Waals surface area (Å²) in [6.45, 7) is 3.02. The standard InChI is InChI=1S/C17H20N4OS.ClH/c1-12-10-14(23-17-19-8-3-9-20-17)5-6-15(12)21-16(22)11-13-4-2-7-18-13;/h3,5-6,8-10,13,18H,2,4,7,11H2,1H3,(H,21,22);1H. The Bertz CT molecular complexity index is 678. The Morgan fingerprint density at radius 2 is 2.17 bits per heavy atom. The van der Waals surface area contributed by atoms with Gasteiger partial charge in [-0.1, -0.05) is 0 Å². The van der Waals surface area contributed by atoms with Crippen LogP contribution in [0.25, 0.3) is 0 Å². The van der Waals surface area contributed by atoms with Crippen molar-refractivity contribution in [1.82, 2.24) is 15.3 Å². The zero-order chi connectivity index (χ0) is 16.1. The summed E-state index contributed by atoms with van der Waals surface area (Å²) in [4.78, 5) is 21.6. The molecule has 1 aromatic carbocycles. The average Bonchev–Trinajstić information content (AvgIpc) is 3.04. The second-order valence-electron chi connectivity index (χ2n) is 5.66. The first-order valence-electron chi connectivity index (χ1n) is 7.79. The maximum absolute atomic E-state index is 12.1. The van der Waals surface area contributed by atoms with Crippen LogP contribution >= 0.6 is 24.2 Å². The molecular weight excluding hydrogens is 344 g/mol. The van der Waals surface area contributed by atoms with Crippen molar-refractivity contribution in [3.05, 3.63) is 42.2 Å². The third-order valence-corrected chi connectivity index (χ3v) is 4.70. The number of amides is 1. The van der Waals surface area contributed by atoms with Crippen LogP contribution in [0.1, 0.15) is 24.8 Å². The number of carbonyl (C=O) groups excluding carboxylic acids is 1. The number of hydrogen-bond donors (Lipinski definition) is 2. The van der Waals surface area contributed by atoms with Crippen molar-refractivity contribution in [2.45, 2.75) is 42.3 Å². The molecule has 0 saturated carbocycles. The first kappa shape index (κ1) is 18.7. The number of halogens is 1. The van der Waals surface area contributed by atoms with Crippen LogP contribution in [0.15, 0.2) is 46.7 Å². The molecule has 1 atom stereocenters. The number of hydrogen-bond acceptors (Lipinski definition) is 5. The molecule has 5 nitrogen and oxygen atoms in total. The molecule has 1 aliphatic heterocycles. The molecule has 2 N–H and O–H groups in total. The highest BCUT2D eigenvalue weighted by atomic mass is 35.5. The van der Waals surface area contributed by atoms with Gasteiger partial charge in [0, 0.05) is 35.4 Å². The van der Waals surface area contributed by atoms with E-state index in [1.54, 1.807) is 18.5 Å². The molecule has 128 valence electrons. The van der Waals surface area contributed by atoms with Crippen LogP contribution < -0.4 is 10.6 Å². The highest BCUT2D eigenvalue weighted by Crippen LogP contribution is 2.28. The number of nitrogens with zero attached hydrogens (tertiary/aromatic N) is 2. The van der Waals surface area contributed by atoms with Gasteiger partial charge in [-0.25, -0.2) is 9.97 Å². The van der Waals surface area contributed by atoms with Crippen LogP contribution in [-0.2, 0) is 4.79 Å². The Hall–Kier alpha value is -1.63. The molecule has 0 radical (unpaired) electrons. The Kier molecular flexibility index (Phi) is 7.02. The predicted molar refractivity (Wildman–Crippen MR) is 98.9 cm³/mol. The van der Waals surface area contributed by atoms with E-state index in [1.807, 2.05) is 25.1 Å². The van der Waals surface area contributed by atoms with Crippen molar-refractivity contribution in [3.8, 4) is 0 Å². The number of aryl methyl sites for hydroxylation is 1. The molecule has 1 fully saturated rings. The fourth-order valence-electron chi connectivity index (χ4n) is 2.64. The molecule has 3 rings (SSSR count). The molecule has 1 aromatic heterocycles. The van der Waals surface area contributed by atoms with E-state index in [1.165, 1.54) is 11.8 Å². The largest absolute Gasteiger partial charge is 0.326 e. The zero-order valence-corrected chi connectivity index (χ0v) is 15.1. The van der Waals surface area contributed by atoms with E-state index in [0.29, 0.717) is 12.5 Å². The molecule has 0 bridgehead atoms. The van der Waals surface area contributed by atoms with E-state index in [4.69, 9.17) is 0 Å². The fourth-order valence-corrected chi connectivity index (χ4v) is 3.45. The van der Waals surface area contributed by atoms with Crippen molar-refractivity contribution < 1.29 is 4.79 Å². The molecule has 1 saturated heterocycles. The Balaban J connectivity index is 0.00000208. The van der Waals surface area contributed by atoms with Crippen LogP contribution in [-0.4, -0.2) is 28.5 Å². The predicted octanol–water partition coefficient (Wildman–Crippen LogP) is 3.44. The maximum atomic E-state index is 12.1. The lowest BCUT2D eigenvalue weighted by molar-refractivity contribution is -0.116. The second kappa shape index (κ2) is 9.01. The smallest absolute Gasteiger partial charge is 0.225 e. The molecule has 7 heteroatoms. The maximum Gasteiger partial charge on any atom is 0.225 e. The summed E-state index contributed by atoms with van der Waals surface area (Å²) in [5.41, 5.74) is 1.91. The first-order chi connectivity index (χ1) is 11.2. The van der Waals surface area contributed by atoms with Crippen LogP contribution in [0.3, 0.4) is 0 Å². The number of benzene rings is 1. The Morgan fingerprint density at radius 1 is 1.38 bits per heavy atom. The topological polar surface area (TPSA) is 66.9 Å². The molecular formula is C17H21ClN4OS. The normalized spacial score (nSPS) is 16.5. The van der Waals surface area contributed by atoms with Gasteiger partial charge in [-0.3, -0.25) is 4.79 Å². The monoisotopic (exact) mass is 364 g/mol. The lowest BCUT2D eigenvalue weighted by Crippen LogP contribution is -2.27. The summed E-state index contributed by atoms with van der Waals surface area (Å²) in [5, 5.41) is 7.07. The van der Waals surface area contributed by atoms with Gasteiger partial charge in [0.1, 0.15) is 0 Å². The minimum absolute atomic E-state index is 0. The van der Waals surface area contributed by atoms with E-state index < -0.39 is 0 Å². The summed E-state index contributed by atoms with van der Waals surface area (Å²) in [6.07, 6.45) is 6.24. The van der Waals surface area contributed by atoms with E-state index in [0.717, 1.165) is 40.7 Å². The SMILES string of the molecule is Cc1cc(Sc2ncccn2)ccc1NC(=O)CC1CCCN1.Cl. The van der Waals surface area contributed by atoms with Crippen molar-refractivity contribution in [1.29, 1.82) is 0 Å². The molecule has 2 heterocycles. The summed E-state index contributed by atoms with van der Waals surface area (Å²) >= 11 is 1.51. The first-order valence-corrected chi connectivity index (χ1v) is 8.61. The molecule has 1 unspecified atom stereocenters. The summed E-state index contributed by atoms with van der Waals surface area (Å²) in [5.74, 6) is 0.0688. The Labute approximate surface area is 152 Å².